The van der Waals surface area contributed by atoms with Gasteiger partial charge in [0.2, 0.25) is 0 Å². The molecule has 0 aliphatic carbocycles. The summed E-state index contributed by atoms with van der Waals surface area (Å²) in [4.78, 5) is 23.7. The molecule has 0 unspecified atom stereocenters. The maximum atomic E-state index is 12.0. The van der Waals surface area contributed by atoms with Crippen LogP contribution >= 0.6 is 11.5 Å². The molecule has 8 heteroatoms. The number of aromatic nitrogens is 4. The zero-order chi connectivity index (χ0) is 13.1. The Morgan fingerprint density at radius 1 is 1.44 bits per heavy atom. The van der Waals surface area contributed by atoms with Crippen LogP contribution in [0.15, 0.2) is 21.9 Å². The molecular formula is C10H13N5O2S. The van der Waals surface area contributed by atoms with Crippen molar-refractivity contribution in [2.45, 2.75) is 20.0 Å². The van der Waals surface area contributed by atoms with Crippen molar-refractivity contribution in [2.24, 2.45) is 0 Å². The van der Waals surface area contributed by atoms with E-state index in [1.54, 1.807) is 7.05 Å². The van der Waals surface area contributed by atoms with E-state index in [0.717, 1.165) is 9.57 Å². The van der Waals surface area contributed by atoms with Gasteiger partial charge in [-0.3, -0.25) is 9.36 Å². The zero-order valence-corrected chi connectivity index (χ0v) is 10.9. The fourth-order valence-electron chi connectivity index (χ4n) is 1.59. The van der Waals surface area contributed by atoms with Crippen LogP contribution in [0.4, 0.5) is 5.00 Å². The lowest BCUT2D eigenvalue weighted by Crippen LogP contribution is -2.39. The van der Waals surface area contributed by atoms with E-state index in [-0.39, 0.29) is 17.8 Å². The van der Waals surface area contributed by atoms with Gasteiger partial charge >= 0.3 is 5.69 Å². The largest absolute Gasteiger partial charge is 0.377 e. The number of rotatable bonds is 4. The molecule has 0 aromatic carbocycles. The monoisotopic (exact) mass is 267 g/mol. The summed E-state index contributed by atoms with van der Waals surface area (Å²) < 4.78 is 6.42. The summed E-state index contributed by atoms with van der Waals surface area (Å²) in [6.45, 7) is 2.50. The van der Waals surface area contributed by atoms with Gasteiger partial charge in [-0.15, -0.1) is 5.10 Å². The van der Waals surface area contributed by atoms with Crippen molar-refractivity contribution in [3.05, 3.63) is 38.8 Å². The van der Waals surface area contributed by atoms with Crippen LogP contribution in [0.3, 0.4) is 0 Å². The van der Waals surface area contributed by atoms with E-state index in [4.69, 9.17) is 0 Å². The first kappa shape index (κ1) is 12.5. The van der Waals surface area contributed by atoms with E-state index in [0.29, 0.717) is 12.2 Å². The molecule has 2 rings (SSSR count). The number of anilines is 1. The van der Waals surface area contributed by atoms with Crippen molar-refractivity contribution >= 4 is 16.5 Å². The van der Waals surface area contributed by atoms with Gasteiger partial charge in [-0.2, -0.15) is 0 Å². The Bertz CT molecular complexity index is 657. The summed E-state index contributed by atoms with van der Waals surface area (Å²) in [5.74, 6) is 0. The van der Waals surface area contributed by atoms with Gasteiger partial charge in [-0.25, -0.2) is 4.79 Å². The SMILES string of the molecule is CCn1ccc(=O)n(Cc2nnsc2NC)c1=O. The molecule has 0 bridgehead atoms. The number of aryl methyl sites for hydroxylation is 1. The highest BCUT2D eigenvalue weighted by Crippen LogP contribution is 2.16. The number of nitrogens with one attached hydrogen (secondary N) is 1. The molecule has 0 fully saturated rings. The molecule has 0 radical (unpaired) electrons. The van der Waals surface area contributed by atoms with Crippen LogP contribution in [0.5, 0.6) is 0 Å². The molecule has 2 aromatic rings. The van der Waals surface area contributed by atoms with Crippen molar-refractivity contribution in [1.29, 1.82) is 0 Å². The van der Waals surface area contributed by atoms with E-state index >= 15 is 0 Å². The first-order valence-electron chi connectivity index (χ1n) is 5.46. The molecule has 1 N–H and O–H groups in total. The average Bonchev–Trinajstić information content (AvgIpc) is 2.82. The van der Waals surface area contributed by atoms with Gasteiger partial charge in [-0.1, -0.05) is 4.49 Å². The van der Waals surface area contributed by atoms with E-state index in [1.807, 2.05) is 6.92 Å². The second-order valence-electron chi connectivity index (χ2n) is 3.61. The van der Waals surface area contributed by atoms with Crippen LogP contribution in [0.25, 0.3) is 0 Å². The number of hydrogen-bond donors (Lipinski definition) is 1. The Hall–Kier alpha value is -1.96. The molecule has 96 valence electrons. The van der Waals surface area contributed by atoms with Crippen LogP contribution in [0.1, 0.15) is 12.6 Å². The lowest BCUT2D eigenvalue weighted by Gasteiger charge is -2.07. The van der Waals surface area contributed by atoms with Crippen LogP contribution in [0, 0.1) is 0 Å². The van der Waals surface area contributed by atoms with E-state index in [2.05, 4.69) is 14.9 Å². The van der Waals surface area contributed by atoms with Gasteiger partial charge in [0.05, 0.1) is 6.54 Å². The van der Waals surface area contributed by atoms with Crippen molar-refractivity contribution in [3.8, 4) is 0 Å². The van der Waals surface area contributed by atoms with Gasteiger partial charge < -0.3 is 9.88 Å². The van der Waals surface area contributed by atoms with E-state index < -0.39 is 0 Å². The summed E-state index contributed by atoms with van der Waals surface area (Å²) in [6, 6.07) is 1.38. The van der Waals surface area contributed by atoms with Gasteiger partial charge in [0.25, 0.3) is 5.56 Å². The van der Waals surface area contributed by atoms with Gasteiger partial charge in [0.15, 0.2) is 0 Å². The summed E-state index contributed by atoms with van der Waals surface area (Å²) >= 11 is 1.19. The molecule has 2 heterocycles. The highest BCUT2D eigenvalue weighted by molar-refractivity contribution is 7.10. The zero-order valence-electron chi connectivity index (χ0n) is 10.1. The standard InChI is InChI=1S/C10H13N5O2S/c1-3-14-5-4-8(16)15(10(14)17)6-7-9(11-2)18-13-12-7/h4-5,11H,3,6H2,1-2H3. The van der Waals surface area contributed by atoms with Crippen molar-refractivity contribution in [1.82, 2.24) is 18.7 Å². The predicted molar refractivity (Wildman–Crippen MR) is 69.2 cm³/mol. The van der Waals surface area contributed by atoms with Crippen molar-refractivity contribution < 1.29 is 0 Å². The Labute approximate surface area is 107 Å². The fourth-order valence-corrected chi connectivity index (χ4v) is 2.12. The van der Waals surface area contributed by atoms with Crippen LogP contribution in [-0.4, -0.2) is 25.8 Å². The second-order valence-corrected chi connectivity index (χ2v) is 4.36. The smallest absolute Gasteiger partial charge is 0.331 e. The Balaban J connectivity index is 2.46. The minimum Gasteiger partial charge on any atom is -0.377 e. The molecule has 0 amide bonds. The molecule has 0 aliphatic heterocycles. The third-order valence-electron chi connectivity index (χ3n) is 2.57. The van der Waals surface area contributed by atoms with E-state index in [1.165, 1.54) is 28.4 Å². The van der Waals surface area contributed by atoms with Crippen LogP contribution in [0.2, 0.25) is 0 Å². The molecule has 2 aromatic heterocycles. The molecule has 0 spiro atoms. The third kappa shape index (κ3) is 2.19. The number of nitrogens with zero attached hydrogens (tertiary/aromatic N) is 4. The van der Waals surface area contributed by atoms with Gasteiger partial charge in [0.1, 0.15) is 10.7 Å². The highest BCUT2D eigenvalue weighted by Gasteiger charge is 2.11. The molecule has 0 saturated heterocycles. The fraction of sp³-hybridized carbons (Fsp3) is 0.400. The first-order chi connectivity index (χ1) is 8.67. The molecular weight excluding hydrogens is 254 g/mol. The van der Waals surface area contributed by atoms with Crippen molar-refractivity contribution in [3.63, 3.8) is 0 Å². The number of hydrogen-bond acceptors (Lipinski definition) is 6. The third-order valence-corrected chi connectivity index (χ3v) is 3.36. The average molecular weight is 267 g/mol. The van der Waals surface area contributed by atoms with Crippen molar-refractivity contribution in [2.75, 3.05) is 12.4 Å². The summed E-state index contributed by atoms with van der Waals surface area (Å²) in [6.07, 6.45) is 1.50. The first-order valence-corrected chi connectivity index (χ1v) is 6.24. The second kappa shape index (κ2) is 5.13. The Kier molecular flexibility index (Phi) is 3.56. The summed E-state index contributed by atoms with van der Waals surface area (Å²) in [5.41, 5.74) is -0.0737. The lowest BCUT2D eigenvalue weighted by molar-refractivity contribution is 0.594. The Morgan fingerprint density at radius 2 is 2.22 bits per heavy atom. The molecule has 18 heavy (non-hydrogen) atoms. The highest BCUT2D eigenvalue weighted by atomic mass is 32.1. The quantitative estimate of drug-likeness (QED) is 0.841. The van der Waals surface area contributed by atoms with Gasteiger partial charge in [-0.05, 0) is 6.92 Å². The molecule has 0 aliphatic rings. The van der Waals surface area contributed by atoms with Gasteiger partial charge in [0, 0.05) is 37.4 Å². The van der Waals surface area contributed by atoms with Crippen LogP contribution < -0.4 is 16.6 Å². The van der Waals surface area contributed by atoms with E-state index in [9.17, 15) is 9.59 Å². The topological polar surface area (TPSA) is 81.8 Å². The maximum absolute atomic E-state index is 12.0. The molecule has 0 saturated carbocycles. The predicted octanol–water partition coefficient (Wildman–Crippen LogP) is -0.0286. The summed E-state index contributed by atoms with van der Waals surface area (Å²) in [7, 11) is 1.75. The Morgan fingerprint density at radius 3 is 2.89 bits per heavy atom. The normalized spacial score (nSPS) is 10.6. The minimum atomic E-state index is -0.334. The molecule has 7 nitrogen and oxygen atoms in total. The minimum absolute atomic E-state index is 0.130. The lowest BCUT2D eigenvalue weighted by atomic mass is 10.4. The molecule has 0 atom stereocenters. The summed E-state index contributed by atoms with van der Waals surface area (Å²) in [5, 5.41) is 7.61. The van der Waals surface area contributed by atoms with Crippen LogP contribution in [-0.2, 0) is 13.1 Å². The maximum Gasteiger partial charge on any atom is 0.331 e.